The molecule has 2 aromatic heterocycles. The Bertz CT molecular complexity index is 822. The van der Waals surface area contributed by atoms with Crippen LogP contribution in [0.4, 0.5) is 0 Å². The van der Waals surface area contributed by atoms with Gasteiger partial charge < -0.3 is 18.6 Å². The van der Waals surface area contributed by atoms with Gasteiger partial charge >= 0.3 is 0 Å². The first-order chi connectivity index (χ1) is 12.1. The fourth-order valence-electron chi connectivity index (χ4n) is 2.35. The average molecular weight is 341 g/mol. The quantitative estimate of drug-likeness (QED) is 0.683. The number of benzene rings is 1. The number of amides is 1. The highest BCUT2D eigenvalue weighted by Crippen LogP contribution is 2.21. The third kappa shape index (κ3) is 3.71. The van der Waals surface area contributed by atoms with E-state index >= 15 is 0 Å². The van der Waals surface area contributed by atoms with Crippen LogP contribution in [0.2, 0.25) is 0 Å². The van der Waals surface area contributed by atoms with Crippen molar-refractivity contribution >= 4 is 5.91 Å². The highest BCUT2D eigenvalue weighted by Gasteiger charge is 2.23. The van der Waals surface area contributed by atoms with Gasteiger partial charge in [0, 0.05) is 11.6 Å². The van der Waals surface area contributed by atoms with Crippen LogP contribution in [0, 0.1) is 0 Å². The Morgan fingerprint density at radius 2 is 2.00 bits per heavy atom. The Morgan fingerprint density at radius 3 is 2.60 bits per heavy atom. The summed E-state index contributed by atoms with van der Waals surface area (Å²) in [5.41, 5.74) is 0.809. The third-order valence-electron chi connectivity index (χ3n) is 3.74. The molecule has 7 nitrogen and oxygen atoms in total. The number of methoxy groups -OCH3 is 1. The standard InChI is InChI=1S/C18H19N3O4/c1-12(2)21(18(22)15-5-4-10-24-15)11-16-19-17(20-25-16)13-6-8-14(23-3)9-7-13/h4-10,12H,11H2,1-3H3. The van der Waals surface area contributed by atoms with Crippen molar-refractivity contribution in [1.82, 2.24) is 15.0 Å². The first-order valence-electron chi connectivity index (χ1n) is 7.90. The number of aromatic nitrogens is 2. The fourth-order valence-corrected chi connectivity index (χ4v) is 2.35. The Labute approximate surface area is 145 Å². The molecule has 0 unspecified atom stereocenters. The molecule has 0 atom stereocenters. The summed E-state index contributed by atoms with van der Waals surface area (Å²) in [6.45, 7) is 4.05. The van der Waals surface area contributed by atoms with Gasteiger partial charge in [0.05, 0.1) is 13.4 Å². The zero-order chi connectivity index (χ0) is 17.8. The molecule has 0 bridgehead atoms. The van der Waals surface area contributed by atoms with Gasteiger partial charge in [-0.2, -0.15) is 4.98 Å². The minimum atomic E-state index is -0.218. The summed E-state index contributed by atoms with van der Waals surface area (Å²) in [5.74, 6) is 1.64. The molecule has 1 amide bonds. The number of furan rings is 1. The van der Waals surface area contributed by atoms with E-state index in [0.717, 1.165) is 11.3 Å². The van der Waals surface area contributed by atoms with E-state index in [-0.39, 0.29) is 24.3 Å². The van der Waals surface area contributed by atoms with Gasteiger partial charge in [0.2, 0.25) is 11.7 Å². The Hall–Kier alpha value is -3.09. The Morgan fingerprint density at radius 1 is 1.24 bits per heavy atom. The Kier molecular flexibility index (Phi) is 4.83. The summed E-state index contributed by atoms with van der Waals surface area (Å²) >= 11 is 0. The zero-order valence-electron chi connectivity index (χ0n) is 14.3. The maximum atomic E-state index is 12.5. The number of carbonyl (C=O) groups excluding carboxylic acids is 1. The highest BCUT2D eigenvalue weighted by molar-refractivity contribution is 5.91. The van der Waals surface area contributed by atoms with Gasteiger partial charge in [0.15, 0.2) is 5.76 Å². The maximum absolute atomic E-state index is 12.5. The van der Waals surface area contributed by atoms with E-state index in [2.05, 4.69) is 10.1 Å². The first-order valence-corrected chi connectivity index (χ1v) is 7.90. The second-order valence-electron chi connectivity index (χ2n) is 5.74. The molecule has 0 radical (unpaired) electrons. The predicted molar refractivity (Wildman–Crippen MR) is 90.0 cm³/mol. The van der Waals surface area contributed by atoms with E-state index in [1.54, 1.807) is 24.1 Å². The zero-order valence-corrected chi connectivity index (χ0v) is 14.3. The number of rotatable bonds is 6. The number of hydrogen-bond acceptors (Lipinski definition) is 6. The largest absolute Gasteiger partial charge is 0.497 e. The molecule has 0 aliphatic heterocycles. The number of carbonyl (C=O) groups is 1. The molecule has 0 spiro atoms. The Balaban J connectivity index is 1.77. The molecule has 0 aliphatic carbocycles. The van der Waals surface area contributed by atoms with Crippen molar-refractivity contribution in [2.24, 2.45) is 0 Å². The van der Waals surface area contributed by atoms with E-state index in [9.17, 15) is 4.79 Å². The lowest BCUT2D eigenvalue weighted by molar-refractivity contribution is 0.0634. The van der Waals surface area contributed by atoms with Crippen molar-refractivity contribution in [2.45, 2.75) is 26.4 Å². The summed E-state index contributed by atoms with van der Waals surface area (Å²) in [5, 5.41) is 3.99. The molecule has 0 aliphatic rings. The molecule has 0 saturated carbocycles. The molecule has 130 valence electrons. The smallest absolute Gasteiger partial charge is 0.290 e. The van der Waals surface area contributed by atoms with Crippen molar-refractivity contribution < 1.29 is 18.5 Å². The van der Waals surface area contributed by atoms with Gasteiger partial charge in [0.1, 0.15) is 12.3 Å². The SMILES string of the molecule is COc1ccc(-c2noc(CN(C(=O)c3ccco3)C(C)C)n2)cc1. The van der Waals surface area contributed by atoms with Gasteiger partial charge in [-0.05, 0) is 50.2 Å². The molecule has 25 heavy (non-hydrogen) atoms. The van der Waals surface area contributed by atoms with E-state index in [1.165, 1.54) is 6.26 Å². The average Bonchev–Trinajstić information content (AvgIpc) is 3.31. The van der Waals surface area contributed by atoms with Gasteiger partial charge in [0.25, 0.3) is 5.91 Å². The van der Waals surface area contributed by atoms with E-state index in [1.807, 2.05) is 38.1 Å². The van der Waals surface area contributed by atoms with Crippen LogP contribution in [0.25, 0.3) is 11.4 Å². The summed E-state index contributed by atoms with van der Waals surface area (Å²) in [7, 11) is 1.61. The van der Waals surface area contributed by atoms with Crippen molar-refractivity contribution in [3.05, 3.63) is 54.3 Å². The molecule has 2 heterocycles. The van der Waals surface area contributed by atoms with Crippen LogP contribution in [-0.4, -0.2) is 34.1 Å². The fraction of sp³-hybridized carbons (Fsp3) is 0.278. The van der Waals surface area contributed by atoms with Crippen molar-refractivity contribution in [3.8, 4) is 17.1 Å². The molecule has 7 heteroatoms. The van der Waals surface area contributed by atoms with Crippen LogP contribution in [0.1, 0.15) is 30.3 Å². The summed E-state index contributed by atoms with van der Waals surface area (Å²) in [6, 6.07) is 10.6. The molecular weight excluding hydrogens is 322 g/mol. The number of nitrogens with zero attached hydrogens (tertiary/aromatic N) is 3. The summed E-state index contributed by atoms with van der Waals surface area (Å²) < 4.78 is 15.6. The van der Waals surface area contributed by atoms with E-state index < -0.39 is 0 Å². The lowest BCUT2D eigenvalue weighted by Crippen LogP contribution is -2.36. The van der Waals surface area contributed by atoms with Crippen LogP contribution in [0.15, 0.2) is 51.6 Å². The van der Waals surface area contributed by atoms with Crippen molar-refractivity contribution in [2.75, 3.05) is 7.11 Å². The summed E-state index contributed by atoms with van der Waals surface area (Å²) in [6.07, 6.45) is 1.47. The second kappa shape index (κ2) is 7.21. The lowest BCUT2D eigenvalue weighted by Gasteiger charge is -2.23. The third-order valence-corrected chi connectivity index (χ3v) is 3.74. The minimum absolute atomic E-state index is 0.0473. The first kappa shape index (κ1) is 16.8. The van der Waals surface area contributed by atoms with E-state index in [4.69, 9.17) is 13.7 Å². The molecule has 3 rings (SSSR count). The second-order valence-corrected chi connectivity index (χ2v) is 5.74. The number of ether oxygens (including phenoxy) is 1. The van der Waals surface area contributed by atoms with Gasteiger partial charge in [-0.15, -0.1) is 0 Å². The van der Waals surface area contributed by atoms with Crippen LogP contribution >= 0.6 is 0 Å². The number of hydrogen-bond donors (Lipinski definition) is 0. The van der Waals surface area contributed by atoms with Crippen LogP contribution in [0.3, 0.4) is 0 Å². The van der Waals surface area contributed by atoms with Gasteiger partial charge in [-0.1, -0.05) is 5.16 Å². The molecule has 0 saturated heterocycles. The lowest BCUT2D eigenvalue weighted by atomic mass is 10.2. The topological polar surface area (TPSA) is 81.6 Å². The highest BCUT2D eigenvalue weighted by atomic mass is 16.5. The van der Waals surface area contributed by atoms with Crippen LogP contribution in [0.5, 0.6) is 5.75 Å². The predicted octanol–water partition coefficient (Wildman–Crippen LogP) is 3.39. The normalized spacial score (nSPS) is 10.9. The molecular formula is C18H19N3O4. The van der Waals surface area contributed by atoms with Crippen LogP contribution < -0.4 is 4.74 Å². The monoisotopic (exact) mass is 341 g/mol. The minimum Gasteiger partial charge on any atom is -0.497 e. The molecule has 0 N–H and O–H groups in total. The van der Waals surface area contributed by atoms with Crippen molar-refractivity contribution in [3.63, 3.8) is 0 Å². The molecule has 0 fully saturated rings. The van der Waals surface area contributed by atoms with Gasteiger partial charge in [-0.3, -0.25) is 4.79 Å². The van der Waals surface area contributed by atoms with Gasteiger partial charge in [-0.25, -0.2) is 0 Å². The van der Waals surface area contributed by atoms with Crippen LogP contribution in [-0.2, 0) is 6.54 Å². The van der Waals surface area contributed by atoms with E-state index in [0.29, 0.717) is 11.7 Å². The van der Waals surface area contributed by atoms with Crippen molar-refractivity contribution in [1.29, 1.82) is 0 Å². The molecule has 1 aromatic carbocycles. The summed E-state index contributed by atoms with van der Waals surface area (Å²) in [4.78, 5) is 18.5. The maximum Gasteiger partial charge on any atom is 0.290 e. The molecule has 3 aromatic rings.